The number of unbranched alkanes of at least 4 members (excludes halogenated alkanes) is 1. The highest BCUT2D eigenvalue weighted by Gasteiger charge is 2.18. The number of ether oxygens (including phenoxy) is 2. The number of H-pyrrole nitrogens is 1. The van der Waals surface area contributed by atoms with E-state index in [9.17, 15) is 20.1 Å². The van der Waals surface area contributed by atoms with Crippen LogP contribution in [0.25, 0.3) is 11.1 Å². The molecule has 0 aliphatic carbocycles. The molecule has 0 saturated heterocycles. The van der Waals surface area contributed by atoms with Gasteiger partial charge in [0.25, 0.3) is 5.56 Å². The van der Waals surface area contributed by atoms with Gasteiger partial charge in [-0.1, -0.05) is 12.1 Å². The first-order valence-electron chi connectivity index (χ1n) is 8.76. The zero-order valence-electron chi connectivity index (χ0n) is 15.4. The van der Waals surface area contributed by atoms with Crippen LogP contribution >= 0.6 is 0 Å². The highest BCUT2D eigenvalue weighted by Crippen LogP contribution is 2.29. The van der Waals surface area contributed by atoms with E-state index in [0.29, 0.717) is 43.8 Å². The summed E-state index contributed by atoms with van der Waals surface area (Å²) >= 11 is 0. The molecule has 144 valence electrons. The van der Waals surface area contributed by atoms with E-state index in [1.165, 1.54) is 0 Å². The van der Waals surface area contributed by atoms with Gasteiger partial charge in [-0.05, 0) is 37.5 Å². The van der Waals surface area contributed by atoms with Crippen LogP contribution in [0.15, 0.2) is 29.1 Å². The van der Waals surface area contributed by atoms with Crippen molar-refractivity contribution < 1.29 is 14.3 Å². The third-order valence-electron chi connectivity index (χ3n) is 3.96. The van der Waals surface area contributed by atoms with E-state index < -0.39 is 5.56 Å². The van der Waals surface area contributed by atoms with E-state index in [0.717, 1.165) is 0 Å². The number of nitrogens with one attached hydrogen (secondary N) is 1. The molecule has 1 heterocycles. The maximum Gasteiger partial charge on any atom is 0.305 e. The summed E-state index contributed by atoms with van der Waals surface area (Å²) in [6.07, 6.45) is 1.72. The molecular weight excluding hydrogens is 360 g/mol. The molecule has 1 aromatic carbocycles. The normalized spacial score (nSPS) is 9.96. The van der Waals surface area contributed by atoms with Crippen LogP contribution in [0, 0.1) is 22.7 Å². The number of pyridine rings is 1. The van der Waals surface area contributed by atoms with Gasteiger partial charge < -0.3 is 20.2 Å². The topological polar surface area (TPSA) is 142 Å². The van der Waals surface area contributed by atoms with Crippen LogP contribution in [0.3, 0.4) is 0 Å². The van der Waals surface area contributed by atoms with Crippen molar-refractivity contribution in [2.45, 2.75) is 26.2 Å². The molecule has 8 heteroatoms. The summed E-state index contributed by atoms with van der Waals surface area (Å²) in [7, 11) is 0. The molecule has 0 amide bonds. The number of hydrogen-bond acceptors (Lipinski definition) is 7. The second-order valence-corrected chi connectivity index (χ2v) is 5.85. The Labute approximate surface area is 162 Å². The van der Waals surface area contributed by atoms with Crippen molar-refractivity contribution in [2.75, 3.05) is 18.9 Å². The fraction of sp³-hybridized carbons (Fsp3) is 0.300. The molecule has 0 bridgehead atoms. The van der Waals surface area contributed by atoms with Gasteiger partial charge in [0.2, 0.25) is 0 Å². The zero-order valence-corrected chi connectivity index (χ0v) is 15.4. The summed E-state index contributed by atoms with van der Waals surface area (Å²) in [4.78, 5) is 25.5. The van der Waals surface area contributed by atoms with Gasteiger partial charge in [0.15, 0.2) is 0 Å². The minimum Gasteiger partial charge on any atom is -0.494 e. The number of aromatic nitrogens is 1. The number of nitriles is 2. The highest BCUT2D eigenvalue weighted by atomic mass is 16.5. The second-order valence-electron chi connectivity index (χ2n) is 5.85. The number of nitrogens with two attached hydrogens (primary N) is 1. The lowest BCUT2D eigenvalue weighted by molar-refractivity contribution is -0.143. The molecule has 0 aliphatic heterocycles. The third-order valence-corrected chi connectivity index (χ3v) is 3.96. The average Bonchev–Trinajstić information content (AvgIpc) is 2.68. The molecule has 2 aromatic rings. The summed E-state index contributed by atoms with van der Waals surface area (Å²) in [6, 6.07) is 10.4. The Morgan fingerprint density at radius 2 is 1.82 bits per heavy atom. The second kappa shape index (κ2) is 9.79. The smallest absolute Gasteiger partial charge is 0.305 e. The van der Waals surface area contributed by atoms with Gasteiger partial charge in [0.1, 0.15) is 34.8 Å². The van der Waals surface area contributed by atoms with E-state index in [1.54, 1.807) is 31.2 Å². The molecule has 0 aliphatic rings. The Kier molecular flexibility index (Phi) is 7.18. The van der Waals surface area contributed by atoms with Crippen molar-refractivity contribution in [2.24, 2.45) is 0 Å². The number of esters is 1. The molecule has 0 atom stereocenters. The van der Waals surface area contributed by atoms with E-state index in [1.807, 2.05) is 12.1 Å². The van der Waals surface area contributed by atoms with Gasteiger partial charge in [0, 0.05) is 12.0 Å². The Hall–Kier alpha value is -3.78. The third kappa shape index (κ3) is 4.89. The number of anilines is 1. The number of carbonyl (C=O) groups is 1. The van der Waals surface area contributed by atoms with Crippen molar-refractivity contribution in [3.63, 3.8) is 0 Å². The van der Waals surface area contributed by atoms with Crippen molar-refractivity contribution in [3.8, 4) is 29.0 Å². The van der Waals surface area contributed by atoms with Crippen molar-refractivity contribution in [1.29, 1.82) is 10.5 Å². The molecule has 0 radical (unpaired) electrons. The van der Waals surface area contributed by atoms with E-state index >= 15 is 0 Å². The monoisotopic (exact) mass is 380 g/mol. The van der Waals surface area contributed by atoms with Crippen LogP contribution in [0.4, 0.5) is 5.82 Å². The van der Waals surface area contributed by atoms with Crippen LogP contribution in [-0.2, 0) is 9.53 Å². The maximum atomic E-state index is 12.0. The van der Waals surface area contributed by atoms with Gasteiger partial charge >= 0.3 is 5.97 Å². The van der Waals surface area contributed by atoms with Gasteiger partial charge in [-0.2, -0.15) is 10.5 Å². The largest absolute Gasteiger partial charge is 0.494 e. The van der Waals surface area contributed by atoms with Crippen LogP contribution in [0.5, 0.6) is 5.75 Å². The van der Waals surface area contributed by atoms with Crippen LogP contribution in [0.2, 0.25) is 0 Å². The summed E-state index contributed by atoms with van der Waals surface area (Å²) in [6.45, 7) is 2.58. The molecule has 0 spiro atoms. The zero-order chi connectivity index (χ0) is 20.5. The number of carbonyl (C=O) groups excluding carboxylic acids is 1. The number of nitrogens with zero attached hydrogens (tertiary/aromatic N) is 2. The first-order valence-corrected chi connectivity index (χ1v) is 8.76. The summed E-state index contributed by atoms with van der Waals surface area (Å²) in [5.41, 5.74) is 5.66. The molecule has 2 rings (SSSR count). The molecule has 3 N–H and O–H groups in total. The molecule has 28 heavy (non-hydrogen) atoms. The number of aromatic amines is 1. The van der Waals surface area contributed by atoms with Crippen molar-refractivity contribution in [3.05, 3.63) is 45.7 Å². The summed E-state index contributed by atoms with van der Waals surface area (Å²) in [5, 5.41) is 18.6. The van der Waals surface area contributed by atoms with E-state index in [-0.39, 0.29) is 28.5 Å². The van der Waals surface area contributed by atoms with Crippen LogP contribution in [-0.4, -0.2) is 24.2 Å². The quantitative estimate of drug-likeness (QED) is 0.529. The first kappa shape index (κ1) is 20.5. The van der Waals surface area contributed by atoms with E-state index in [4.69, 9.17) is 15.2 Å². The minimum atomic E-state index is -0.643. The Morgan fingerprint density at radius 1 is 1.14 bits per heavy atom. The Morgan fingerprint density at radius 3 is 2.43 bits per heavy atom. The van der Waals surface area contributed by atoms with Crippen molar-refractivity contribution in [1.82, 2.24) is 4.98 Å². The number of rotatable bonds is 8. The van der Waals surface area contributed by atoms with Gasteiger partial charge in [0.05, 0.1) is 13.2 Å². The molecular formula is C20H20N4O4. The Balaban J connectivity index is 2.08. The molecule has 0 unspecified atom stereocenters. The van der Waals surface area contributed by atoms with Crippen LogP contribution in [0.1, 0.15) is 37.3 Å². The SMILES string of the molecule is CCOC(=O)CCCCOc1ccc(-c2c(C#N)c(N)[nH]c(=O)c2C#N)cc1. The molecule has 0 fully saturated rings. The predicted octanol–water partition coefficient (Wildman–Crippen LogP) is 2.48. The van der Waals surface area contributed by atoms with Crippen LogP contribution < -0.4 is 16.0 Å². The number of nitrogen functional groups attached to an aromatic ring is 1. The number of hydrogen-bond donors (Lipinski definition) is 2. The van der Waals surface area contributed by atoms with E-state index in [2.05, 4.69) is 4.98 Å². The highest BCUT2D eigenvalue weighted by molar-refractivity contribution is 5.80. The first-order chi connectivity index (χ1) is 13.5. The fourth-order valence-corrected chi connectivity index (χ4v) is 2.64. The molecule has 8 nitrogen and oxygen atoms in total. The minimum absolute atomic E-state index is 0.0452. The molecule has 0 saturated carbocycles. The summed E-state index contributed by atoms with van der Waals surface area (Å²) in [5.74, 6) is 0.295. The number of benzene rings is 1. The average molecular weight is 380 g/mol. The lowest BCUT2D eigenvalue weighted by atomic mass is 9.96. The van der Waals surface area contributed by atoms with Gasteiger partial charge in [-0.3, -0.25) is 9.59 Å². The lowest BCUT2D eigenvalue weighted by Gasteiger charge is -2.10. The van der Waals surface area contributed by atoms with Gasteiger partial charge in [-0.25, -0.2) is 0 Å². The van der Waals surface area contributed by atoms with Gasteiger partial charge in [-0.15, -0.1) is 0 Å². The summed E-state index contributed by atoms with van der Waals surface area (Å²) < 4.78 is 10.5. The lowest BCUT2D eigenvalue weighted by Crippen LogP contribution is -2.16. The standard InChI is InChI=1S/C20H20N4O4/c1-2-27-17(25)5-3-4-10-28-14-8-6-13(7-9-14)18-15(11-21)19(23)24-20(26)16(18)12-22/h6-9H,2-5,10H2,1H3,(H3,23,24,26). The van der Waals surface area contributed by atoms with Crippen molar-refractivity contribution >= 4 is 11.8 Å². The fourth-order valence-electron chi connectivity index (χ4n) is 2.64. The predicted molar refractivity (Wildman–Crippen MR) is 102 cm³/mol. The maximum absolute atomic E-state index is 12.0. The Bertz CT molecular complexity index is 981. The molecule has 1 aromatic heterocycles.